The SMILES string of the molecule is CCN1CCC[C@H]1CNC(=O)c1ccc(-n2cc(-c3n[nH]c4ccc(C)cc34)nn2)cc1. The van der Waals surface area contributed by atoms with Gasteiger partial charge in [-0.05, 0) is 69.3 Å². The minimum Gasteiger partial charge on any atom is -0.350 e. The van der Waals surface area contributed by atoms with Gasteiger partial charge in [-0.25, -0.2) is 4.68 Å². The molecule has 5 rings (SSSR count). The quantitative estimate of drug-likeness (QED) is 0.491. The average Bonchev–Trinajstić information content (AvgIpc) is 3.56. The van der Waals surface area contributed by atoms with Gasteiger partial charge in [0.1, 0.15) is 11.4 Å². The van der Waals surface area contributed by atoms with Gasteiger partial charge in [0.15, 0.2) is 0 Å². The van der Waals surface area contributed by atoms with Crippen molar-refractivity contribution in [2.24, 2.45) is 0 Å². The molecule has 3 heterocycles. The van der Waals surface area contributed by atoms with E-state index in [1.165, 1.54) is 6.42 Å². The van der Waals surface area contributed by atoms with Crippen LogP contribution in [0.1, 0.15) is 35.7 Å². The predicted molar refractivity (Wildman–Crippen MR) is 124 cm³/mol. The molecule has 0 aliphatic carbocycles. The number of H-pyrrole nitrogens is 1. The first-order valence-electron chi connectivity index (χ1n) is 11.1. The van der Waals surface area contributed by atoms with Gasteiger partial charge in [0.05, 0.1) is 17.4 Å². The monoisotopic (exact) mass is 429 g/mol. The van der Waals surface area contributed by atoms with Crippen molar-refractivity contribution in [1.82, 2.24) is 35.4 Å². The molecule has 1 atom stereocenters. The second-order valence-electron chi connectivity index (χ2n) is 8.35. The largest absolute Gasteiger partial charge is 0.350 e. The smallest absolute Gasteiger partial charge is 0.251 e. The van der Waals surface area contributed by atoms with Crippen LogP contribution in [-0.4, -0.2) is 61.7 Å². The highest BCUT2D eigenvalue weighted by atomic mass is 16.1. The molecule has 8 heteroatoms. The number of hydrogen-bond donors (Lipinski definition) is 2. The molecule has 1 fully saturated rings. The third-order valence-electron chi connectivity index (χ3n) is 6.25. The van der Waals surface area contributed by atoms with Crippen LogP contribution < -0.4 is 5.32 Å². The Kier molecular flexibility index (Phi) is 5.45. The van der Waals surface area contributed by atoms with Crippen LogP contribution in [0, 0.1) is 6.92 Å². The minimum absolute atomic E-state index is 0.0443. The Morgan fingerprint density at radius 1 is 1.22 bits per heavy atom. The van der Waals surface area contributed by atoms with Crippen LogP contribution in [-0.2, 0) is 0 Å². The van der Waals surface area contributed by atoms with E-state index in [0.717, 1.165) is 47.4 Å². The molecule has 1 aliphatic heterocycles. The highest BCUT2D eigenvalue weighted by Crippen LogP contribution is 2.26. The van der Waals surface area contributed by atoms with E-state index in [1.54, 1.807) is 4.68 Å². The Morgan fingerprint density at radius 2 is 2.06 bits per heavy atom. The lowest BCUT2D eigenvalue weighted by molar-refractivity contribution is 0.0941. The minimum atomic E-state index is -0.0443. The van der Waals surface area contributed by atoms with E-state index in [2.05, 4.69) is 50.6 Å². The van der Waals surface area contributed by atoms with Crippen LogP contribution in [0.15, 0.2) is 48.7 Å². The highest BCUT2D eigenvalue weighted by Gasteiger charge is 2.23. The molecule has 2 aromatic heterocycles. The molecule has 4 aromatic rings. The number of aryl methyl sites for hydroxylation is 1. The number of hydrogen-bond acceptors (Lipinski definition) is 5. The van der Waals surface area contributed by atoms with E-state index in [0.29, 0.717) is 23.8 Å². The molecule has 32 heavy (non-hydrogen) atoms. The van der Waals surface area contributed by atoms with Crippen molar-refractivity contribution in [2.45, 2.75) is 32.7 Å². The summed E-state index contributed by atoms with van der Waals surface area (Å²) in [6.45, 7) is 7.07. The summed E-state index contributed by atoms with van der Waals surface area (Å²) < 4.78 is 1.70. The second kappa shape index (κ2) is 8.55. The van der Waals surface area contributed by atoms with Crippen molar-refractivity contribution in [2.75, 3.05) is 19.6 Å². The maximum absolute atomic E-state index is 12.6. The Hall–Kier alpha value is -3.52. The molecule has 2 N–H and O–H groups in total. The number of nitrogens with zero attached hydrogens (tertiary/aromatic N) is 5. The molecule has 8 nitrogen and oxygen atoms in total. The molecule has 1 amide bonds. The Balaban J connectivity index is 1.29. The van der Waals surface area contributed by atoms with Gasteiger partial charge < -0.3 is 5.32 Å². The first-order chi connectivity index (χ1) is 15.6. The van der Waals surface area contributed by atoms with Gasteiger partial charge in [-0.3, -0.25) is 14.8 Å². The highest BCUT2D eigenvalue weighted by molar-refractivity contribution is 5.94. The van der Waals surface area contributed by atoms with E-state index in [1.807, 2.05) is 42.6 Å². The third kappa shape index (κ3) is 3.89. The number of carbonyl (C=O) groups is 1. The van der Waals surface area contributed by atoms with E-state index in [4.69, 9.17) is 0 Å². The van der Waals surface area contributed by atoms with Crippen LogP contribution in [0.5, 0.6) is 0 Å². The number of likely N-dealkylation sites (N-methyl/N-ethyl adjacent to an activating group) is 1. The molecule has 0 bridgehead atoms. The molecule has 0 unspecified atom stereocenters. The zero-order valence-electron chi connectivity index (χ0n) is 18.4. The maximum Gasteiger partial charge on any atom is 0.251 e. The number of carbonyl (C=O) groups excluding carboxylic acids is 1. The second-order valence-corrected chi connectivity index (χ2v) is 8.35. The Morgan fingerprint density at radius 3 is 2.88 bits per heavy atom. The molecule has 0 saturated carbocycles. The summed E-state index contributed by atoms with van der Waals surface area (Å²) >= 11 is 0. The normalized spacial score (nSPS) is 16.6. The van der Waals surface area contributed by atoms with Gasteiger partial charge in [-0.1, -0.05) is 23.8 Å². The molecular formula is C24H27N7O. The molecule has 1 saturated heterocycles. The summed E-state index contributed by atoms with van der Waals surface area (Å²) in [5.74, 6) is -0.0443. The topological polar surface area (TPSA) is 91.7 Å². The third-order valence-corrected chi connectivity index (χ3v) is 6.25. The number of aromatic amines is 1. The molecule has 1 aliphatic rings. The fraction of sp³-hybridized carbons (Fsp3) is 0.333. The first kappa shape index (κ1) is 20.4. The van der Waals surface area contributed by atoms with E-state index in [-0.39, 0.29) is 5.91 Å². The number of fused-ring (bicyclic) bond motifs is 1. The van der Waals surface area contributed by atoms with Gasteiger partial charge in [-0.15, -0.1) is 5.10 Å². The summed E-state index contributed by atoms with van der Waals surface area (Å²) in [5.41, 5.74) is 5.08. The molecule has 0 spiro atoms. The predicted octanol–water partition coefficient (Wildman–Crippen LogP) is 3.33. The lowest BCUT2D eigenvalue weighted by atomic mass is 10.1. The lowest BCUT2D eigenvalue weighted by Crippen LogP contribution is -2.40. The van der Waals surface area contributed by atoms with Crippen LogP contribution in [0.4, 0.5) is 0 Å². The molecule has 2 aromatic carbocycles. The first-order valence-corrected chi connectivity index (χ1v) is 11.1. The standard InChI is InChI=1S/C24H27N7O/c1-3-30-12-4-5-19(30)14-25-24(32)17-7-9-18(10-8-17)31-15-22(27-29-31)23-20-13-16(2)6-11-21(20)26-28-23/h6-11,13,15,19H,3-5,12,14H2,1-2H3,(H,25,32)(H,26,28)/t19-/m0/s1. The van der Waals surface area contributed by atoms with Crippen LogP contribution in [0.2, 0.25) is 0 Å². The van der Waals surface area contributed by atoms with E-state index < -0.39 is 0 Å². The number of likely N-dealkylation sites (tertiary alicyclic amines) is 1. The Bertz CT molecular complexity index is 1240. The number of nitrogens with one attached hydrogen (secondary N) is 2. The summed E-state index contributed by atoms with van der Waals surface area (Å²) in [5, 5.41) is 20.1. The number of rotatable bonds is 6. The average molecular weight is 430 g/mol. The molecular weight excluding hydrogens is 402 g/mol. The van der Waals surface area contributed by atoms with Crippen molar-refractivity contribution in [3.8, 4) is 17.1 Å². The summed E-state index contributed by atoms with van der Waals surface area (Å²) in [7, 11) is 0. The molecule has 0 radical (unpaired) electrons. The van der Waals surface area contributed by atoms with Gasteiger partial charge in [0, 0.05) is 23.5 Å². The van der Waals surface area contributed by atoms with E-state index >= 15 is 0 Å². The van der Waals surface area contributed by atoms with Crippen molar-refractivity contribution in [1.29, 1.82) is 0 Å². The van der Waals surface area contributed by atoms with E-state index in [9.17, 15) is 4.79 Å². The maximum atomic E-state index is 12.6. The van der Waals surface area contributed by atoms with Crippen molar-refractivity contribution in [3.63, 3.8) is 0 Å². The van der Waals surface area contributed by atoms with Gasteiger partial charge in [-0.2, -0.15) is 5.10 Å². The van der Waals surface area contributed by atoms with Gasteiger partial charge >= 0.3 is 0 Å². The van der Waals surface area contributed by atoms with Crippen molar-refractivity contribution in [3.05, 3.63) is 59.8 Å². The summed E-state index contributed by atoms with van der Waals surface area (Å²) in [4.78, 5) is 15.0. The van der Waals surface area contributed by atoms with Crippen LogP contribution in [0.3, 0.4) is 0 Å². The fourth-order valence-corrected chi connectivity index (χ4v) is 4.44. The summed E-state index contributed by atoms with van der Waals surface area (Å²) in [6.07, 6.45) is 4.20. The number of benzene rings is 2. The number of aromatic nitrogens is 5. The van der Waals surface area contributed by atoms with Crippen molar-refractivity contribution >= 4 is 16.8 Å². The van der Waals surface area contributed by atoms with Gasteiger partial charge in [0.2, 0.25) is 0 Å². The number of amides is 1. The fourth-order valence-electron chi connectivity index (χ4n) is 4.44. The zero-order valence-corrected chi connectivity index (χ0v) is 18.4. The van der Waals surface area contributed by atoms with Crippen LogP contribution in [0.25, 0.3) is 28.0 Å². The Labute approximate surface area is 186 Å². The summed E-state index contributed by atoms with van der Waals surface area (Å²) in [6, 6.07) is 14.0. The van der Waals surface area contributed by atoms with Crippen molar-refractivity contribution < 1.29 is 4.79 Å². The van der Waals surface area contributed by atoms with Gasteiger partial charge in [0.25, 0.3) is 5.91 Å². The lowest BCUT2D eigenvalue weighted by Gasteiger charge is -2.22. The zero-order chi connectivity index (χ0) is 22.1. The van der Waals surface area contributed by atoms with Crippen LogP contribution >= 0.6 is 0 Å². The molecule has 164 valence electrons.